The van der Waals surface area contributed by atoms with Gasteiger partial charge in [0.1, 0.15) is 17.2 Å². The molecule has 4 rings (SSSR count). The number of aliphatic imine (C=N–C) groups is 1. The Morgan fingerprint density at radius 1 is 0.966 bits per heavy atom. The number of hydrogen-bond donors (Lipinski definition) is 1. The van der Waals surface area contributed by atoms with Crippen molar-refractivity contribution >= 4 is 23.0 Å². The van der Waals surface area contributed by atoms with Crippen LogP contribution >= 0.6 is 0 Å². The van der Waals surface area contributed by atoms with Crippen LogP contribution < -0.4 is 10.1 Å². The summed E-state index contributed by atoms with van der Waals surface area (Å²) < 4.78 is 6.14. The van der Waals surface area contributed by atoms with Crippen LogP contribution in [-0.4, -0.2) is 11.6 Å². The summed E-state index contributed by atoms with van der Waals surface area (Å²) >= 11 is 0. The van der Waals surface area contributed by atoms with Gasteiger partial charge in [-0.25, -0.2) is 4.99 Å². The van der Waals surface area contributed by atoms with E-state index in [1.807, 2.05) is 49.4 Å². The first-order chi connectivity index (χ1) is 13.9. The lowest BCUT2D eigenvalue weighted by Gasteiger charge is -2.14. The first-order valence-corrected chi connectivity index (χ1v) is 9.81. The topological polar surface area (TPSA) is 50.7 Å². The van der Waals surface area contributed by atoms with E-state index >= 15 is 0 Å². The smallest absolute Gasteiger partial charge is 0.275 e. The minimum atomic E-state index is -0.170. The summed E-state index contributed by atoms with van der Waals surface area (Å²) in [5, 5.41) is 2.91. The predicted octanol–water partition coefficient (Wildman–Crippen LogP) is 6.29. The third kappa shape index (κ3) is 3.79. The summed E-state index contributed by atoms with van der Waals surface area (Å²) in [6, 6.07) is 19.6. The van der Waals surface area contributed by atoms with Crippen molar-refractivity contribution in [3.8, 4) is 11.5 Å². The Morgan fingerprint density at radius 3 is 2.45 bits per heavy atom. The van der Waals surface area contributed by atoms with E-state index in [0.29, 0.717) is 17.3 Å². The zero-order valence-corrected chi connectivity index (χ0v) is 17.1. The van der Waals surface area contributed by atoms with Crippen LogP contribution in [0.4, 0.5) is 11.4 Å². The number of anilines is 1. The van der Waals surface area contributed by atoms with Crippen LogP contribution in [0.15, 0.2) is 65.7 Å². The highest BCUT2D eigenvalue weighted by atomic mass is 16.5. The zero-order valence-electron chi connectivity index (χ0n) is 17.1. The molecule has 4 heteroatoms. The number of nitrogens with zero attached hydrogens (tertiary/aromatic N) is 1. The molecule has 0 aromatic heterocycles. The Labute approximate surface area is 171 Å². The summed E-state index contributed by atoms with van der Waals surface area (Å²) in [6.07, 6.45) is 0. The summed E-state index contributed by atoms with van der Waals surface area (Å²) in [7, 11) is 0. The molecule has 0 fully saturated rings. The number of benzene rings is 3. The molecule has 1 amide bonds. The number of para-hydroxylation sites is 1. The van der Waals surface area contributed by atoms with E-state index in [4.69, 9.17) is 4.74 Å². The molecule has 0 spiro atoms. The summed E-state index contributed by atoms with van der Waals surface area (Å²) in [6.45, 7) is 8.35. The standard InChI is InChI=1S/C25H24N2O2/c1-15(2)20-13-8-16(3)14-22(20)29-19-11-9-18(10-12-19)26-24-21-7-5-6-17(4)23(21)27-25(24)28/h5-15H,1-4H3,(H,26,27,28). The van der Waals surface area contributed by atoms with Crippen molar-refractivity contribution < 1.29 is 9.53 Å². The average Bonchev–Trinajstić information content (AvgIpc) is 3.00. The first-order valence-electron chi connectivity index (χ1n) is 9.81. The van der Waals surface area contributed by atoms with Crippen LogP contribution in [0.5, 0.6) is 11.5 Å². The number of carbonyl (C=O) groups is 1. The molecule has 0 saturated carbocycles. The maximum Gasteiger partial charge on any atom is 0.275 e. The molecular weight excluding hydrogens is 360 g/mol. The number of aryl methyl sites for hydroxylation is 2. The molecule has 1 N–H and O–H groups in total. The molecule has 0 unspecified atom stereocenters. The third-order valence-corrected chi connectivity index (χ3v) is 5.08. The fourth-order valence-corrected chi connectivity index (χ4v) is 3.49. The lowest BCUT2D eigenvalue weighted by Crippen LogP contribution is -2.13. The van der Waals surface area contributed by atoms with Gasteiger partial charge in [0.15, 0.2) is 0 Å². The molecule has 1 aliphatic rings. The summed E-state index contributed by atoms with van der Waals surface area (Å²) in [5.41, 5.74) is 6.21. The average molecular weight is 384 g/mol. The Bertz CT molecular complexity index is 1110. The molecule has 29 heavy (non-hydrogen) atoms. The number of hydrogen-bond acceptors (Lipinski definition) is 3. The monoisotopic (exact) mass is 384 g/mol. The van der Waals surface area contributed by atoms with Crippen LogP contribution in [-0.2, 0) is 4.79 Å². The largest absolute Gasteiger partial charge is 0.457 e. The van der Waals surface area contributed by atoms with Gasteiger partial charge in [0.25, 0.3) is 5.91 Å². The highest BCUT2D eigenvalue weighted by molar-refractivity contribution is 6.54. The van der Waals surface area contributed by atoms with Crippen LogP contribution in [0, 0.1) is 13.8 Å². The van der Waals surface area contributed by atoms with Gasteiger partial charge in [-0.05, 0) is 66.8 Å². The van der Waals surface area contributed by atoms with E-state index in [1.165, 1.54) is 5.56 Å². The quantitative estimate of drug-likeness (QED) is 0.574. The maximum atomic E-state index is 12.4. The predicted molar refractivity (Wildman–Crippen MR) is 118 cm³/mol. The van der Waals surface area contributed by atoms with Crippen LogP contribution in [0.2, 0.25) is 0 Å². The Hall–Kier alpha value is -3.40. The molecular formula is C25H24N2O2. The van der Waals surface area contributed by atoms with Gasteiger partial charge in [-0.2, -0.15) is 0 Å². The minimum Gasteiger partial charge on any atom is -0.457 e. The van der Waals surface area contributed by atoms with Gasteiger partial charge in [-0.15, -0.1) is 0 Å². The van der Waals surface area contributed by atoms with Crippen LogP contribution in [0.1, 0.15) is 42.0 Å². The van der Waals surface area contributed by atoms with Crippen molar-refractivity contribution in [1.29, 1.82) is 0 Å². The Morgan fingerprint density at radius 2 is 1.72 bits per heavy atom. The van der Waals surface area contributed by atoms with Crippen LogP contribution in [0.3, 0.4) is 0 Å². The van der Waals surface area contributed by atoms with Gasteiger partial charge in [0.05, 0.1) is 11.4 Å². The van der Waals surface area contributed by atoms with E-state index in [2.05, 4.69) is 49.3 Å². The van der Waals surface area contributed by atoms with Gasteiger partial charge in [0.2, 0.25) is 0 Å². The van der Waals surface area contributed by atoms with E-state index in [9.17, 15) is 4.79 Å². The molecule has 1 aliphatic heterocycles. The molecule has 1 heterocycles. The first kappa shape index (κ1) is 18.9. The number of ether oxygens (including phenoxy) is 1. The second-order valence-electron chi connectivity index (χ2n) is 7.70. The normalized spacial score (nSPS) is 14.2. The minimum absolute atomic E-state index is 0.170. The maximum absolute atomic E-state index is 12.4. The number of rotatable bonds is 4. The lowest BCUT2D eigenvalue weighted by atomic mass is 10.0. The molecule has 0 saturated heterocycles. The van der Waals surface area contributed by atoms with Crippen molar-refractivity contribution in [3.63, 3.8) is 0 Å². The second-order valence-corrected chi connectivity index (χ2v) is 7.70. The van der Waals surface area contributed by atoms with Gasteiger partial charge in [0, 0.05) is 5.56 Å². The van der Waals surface area contributed by atoms with Crippen molar-refractivity contribution in [1.82, 2.24) is 0 Å². The van der Waals surface area contributed by atoms with Gasteiger partial charge >= 0.3 is 0 Å². The summed E-state index contributed by atoms with van der Waals surface area (Å²) in [5.74, 6) is 1.82. The third-order valence-electron chi connectivity index (χ3n) is 5.08. The van der Waals surface area contributed by atoms with E-state index in [-0.39, 0.29) is 5.91 Å². The molecule has 0 aliphatic carbocycles. The fraction of sp³-hybridized carbons (Fsp3) is 0.200. The molecule has 0 atom stereocenters. The van der Waals surface area contributed by atoms with Gasteiger partial charge in [-0.1, -0.05) is 44.2 Å². The van der Waals surface area contributed by atoms with E-state index in [0.717, 1.165) is 33.9 Å². The molecule has 146 valence electrons. The van der Waals surface area contributed by atoms with Crippen molar-refractivity contribution in [3.05, 3.63) is 82.9 Å². The highest BCUT2D eigenvalue weighted by Crippen LogP contribution is 2.33. The van der Waals surface area contributed by atoms with E-state index in [1.54, 1.807) is 0 Å². The van der Waals surface area contributed by atoms with Gasteiger partial charge in [-0.3, -0.25) is 4.79 Å². The van der Waals surface area contributed by atoms with Crippen molar-refractivity contribution in [2.75, 3.05) is 5.32 Å². The zero-order chi connectivity index (χ0) is 20.5. The number of amides is 1. The van der Waals surface area contributed by atoms with Crippen molar-refractivity contribution in [2.24, 2.45) is 4.99 Å². The number of fused-ring (bicyclic) bond motifs is 1. The Kier molecular flexibility index (Phi) is 4.93. The molecule has 0 bridgehead atoms. The Balaban J connectivity index is 1.60. The van der Waals surface area contributed by atoms with Gasteiger partial charge < -0.3 is 10.1 Å². The SMILES string of the molecule is Cc1ccc(C(C)C)c(Oc2ccc(N=C3C(=O)Nc4c(C)cccc43)cc2)c1. The van der Waals surface area contributed by atoms with Crippen LogP contribution in [0.25, 0.3) is 0 Å². The highest BCUT2D eigenvalue weighted by Gasteiger charge is 2.26. The molecule has 3 aromatic rings. The molecule has 3 aromatic carbocycles. The number of carbonyl (C=O) groups excluding carboxylic acids is 1. The number of nitrogens with one attached hydrogen (secondary N) is 1. The van der Waals surface area contributed by atoms with Crippen molar-refractivity contribution in [2.45, 2.75) is 33.6 Å². The summed E-state index contributed by atoms with van der Waals surface area (Å²) in [4.78, 5) is 16.9. The van der Waals surface area contributed by atoms with E-state index < -0.39 is 0 Å². The lowest BCUT2D eigenvalue weighted by molar-refractivity contribution is -0.110. The molecule has 0 radical (unpaired) electrons. The molecule has 4 nitrogen and oxygen atoms in total. The second kappa shape index (κ2) is 7.55. The fourth-order valence-electron chi connectivity index (χ4n) is 3.49.